The van der Waals surface area contributed by atoms with Crippen molar-refractivity contribution in [2.75, 3.05) is 19.8 Å². The summed E-state index contributed by atoms with van der Waals surface area (Å²) in [6, 6.07) is 5.22. The Morgan fingerprint density at radius 2 is 1.96 bits per heavy atom. The van der Waals surface area contributed by atoms with Crippen LogP contribution in [0.15, 0.2) is 18.2 Å². The molecule has 0 N–H and O–H groups in total. The van der Waals surface area contributed by atoms with E-state index in [1.165, 1.54) is 0 Å². The molecule has 0 bridgehead atoms. The molecule has 1 fully saturated rings. The van der Waals surface area contributed by atoms with Gasteiger partial charge in [-0.25, -0.2) is 4.79 Å². The maximum Gasteiger partial charge on any atom is 0.339 e. The minimum absolute atomic E-state index is 0.112. The van der Waals surface area contributed by atoms with Crippen molar-refractivity contribution >= 4 is 11.9 Å². The van der Waals surface area contributed by atoms with Gasteiger partial charge in [0.05, 0.1) is 18.8 Å². The van der Waals surface area contributed by atoms with Gasteiger partial charge in [0.2, 0.25) is 0 Å². The van der Waals surface area contributed by atoms with Gasteiger partial charge in [0.15, 0.2) is 17.6 Å². The van der Waals surface area contributed by atoms with Crippen LogP contribution in [0.4, 0.5) is 0 Å². The van der Waals surface area contributed by atoms with E-state index in [-0.39, 0.29) is 11.9 Å². The smallest absolute Gasteiger partial charge is 0.339 e. The van der Waals surface area contributed by atoms with Crippen molar-refractivity contribution in [3.8, 4) is 11.5 Å². The first-order valence-electron chi connectivity index (χ1n) is 9.51. The number of amides is 1. The second-order valence-electron chi connectivity index (χ2n) is 6.85. The fraction of sp³-hybridized carbons (Fsp3) is 0.600. The van der Waals surface area contributed by atoms with Gasteiger partial charge >= 0.3 is 5.97 Å². The number of hydrogen-bond acceptors (Lipinski definition) is 5. The average molecular weight is 361 g/mol. The van der Waals surface area contributed by atoms with E-state index in [0.29, 0.717) is 30.3 Å². The van der Waals surface area contributed by atoms with Gasteiger partial charge < -0.3 is 19.1 Å². The molecule has 26 heavy (non-hydrogen) atoms. The molecule has 1 amide bonds. The highest BCUT2D eigenvalue weighted by molar-refractivity contribution is 5.93. The number of likely N-dealkylation sites (tertiary alicyclic amines) is 1. The topological polar surface area (TPSA) is 65.1 Å². The molecule has 142 valence electrons. The summed E-state index contributed by atoms with van der Waals surface area (Å²) in [7, 11) is 0. The lowest BCUT2D eigenvalue weighted by atomic mass is 9.99. The number of carbonyl (C=O) groups excluding carboxylic acids is 2. The van der Waals surface area contributed by atoms with Crippen molar-refractivity contribution in [2.24, 2.45) is 0 Å². The number of fused-ring (bicyclic) bond motifs is 1. The molecule has 1 aromatic rings. The highest BCUT2D eigenvalue weighted by Gasteiger charge is 2.30. The van der Waals surface area contributed by atoms with Crippen molar-refractivity contribution in [3.63, 3.8) is 0 Å². The van der Waals surface area contributed by atoms with Gasteiger partial charge in [-0.3, -0.25) is 4.79 Å². The number of piperidine rings is 1. The third kappa shape index (κ3) is 4.11. The Hall–Kier alpha value is -2.24. The molecule has 0 spiro atoms. The first kappa shape index (κ1) is 18.5. The Morgan fingerprint density at radius 1 is 1.19 bits per heavy atom. The van der Waals surface area contributed by atoms with E-state index >= 15 is 0 Å². The minimum atomic E-state index is -0.800. The van der Waals surface area contributed by atoms with Crippen LogP contribution in [0.25, 0.3) is 0 Å². The Morgan fingerprint density at radius 3 is 2.73 bits per heavy atom. The monoisotopic (exact) mass is 361 g/mol. The summed E-state index contributed by atoms with van der Waals surface area (Å²) < 4.78 is 16.6. The van der Waals surface area contributed by atoms with Crippen molar-refractivity contribution in [1.29, 1.82) is 0 Å². The van der Waals surface area contributed by atoms with Crippen LogP contribution in [-0.2, 0) is 9.53 Å². The van der Waals surface area contributed by atoms with Crippen molar-refractivity contribution in [3.05, 3.63) is 23.8 Å². The fourth-order valence-corrected chi connectivity index (χ4v) is 3.52. The zero-order valence-electron chi connectivity index (χ0n) is 15.5. The first-order valence-corrected chi connectivity index (χ1v) is 9.51. The molecule has 6 nitrogen and oxygen atoms in total. The van der Waals surface area contributed by atoms with Crippen molar-refractivity contribution in [1.82, 2.24) is 4.90 Å². The highest BCUT2D eigenvalue weighted by atomic mass is 16.5. The molecule has 3 rings (SSSR count). The average Bonchev–Trinajstić information content (AvgIpc) is 2.91. The SMILES string of the molecule is CCC1CCCCN1C(=O)C(C)OC(=O)c1ccc2c(c1)OCCCO2. The molecule has 1 aromatic carbocycles. The molecule has 2 aliphatic heterocycles. The van der Waals surface area contributed by atoms with Crippen molar-refractivity contribution in [2.45, 2.75) is 58.1 Å². The summed E-state index contributed by atoms with van der Waals surface area (Å²) in [6.45, 7) is 5.61. The zero-order valence-corrected chi connectivity index (χ0v) is 15.5. The number of esters is 1. The molecule has 6 heteroatoms. The number of rotatable bonds is 4. The molecule has 0 radical (unpaired) electrons. The predicted octanol–water partition coefficient (Wildman–Crippen LogP) is 3.18. The van der Waals surface area contributed by atoms with Gasteiger partial charge in [-0.1, -0.05) is 6.92 Å². The highest BCUT2D eigenvalue weighted by Crippen LogP contribution is 2.30. The molecule has 2 heterocycles. The largest absolute Gasteiger partial charge is 0.490 e. The van der Waals surface area contributed by atoms with E-state index in [0.717, 1.165) is 38.6 Å². The van der Waals surface area contributed by atoms with Crippen LogP contribution in [0.3, 0.4) is 0 Å². The summed E-state index contributed by atoms with van der Waals surface area (Å²) in [5.41, 5.74) is 0.361. The van der Waals surface area contributed by atoms with Crippen LogP contribution >= 0.6 is 0 Å². The van der Waals surface area contributed by atoms with E-state index in [1.807, 2.05) is 4.90 Å². The van der Waals surface area contributed by atoms with E-state index in [4.69, 9.17) is 14.2 Å². The van der Waals surface area contributed by atoms with Gasteiger partial charge in [0.25, 0.3) is 5.91 Å². The molecular weight excluding hydrogens is 334 g/mol. The van der Waals surface area contributed by atoms with Crippen LogP contribution < -0.4 is 9.47 Å². The molecule has 2 aliphatic rings. The van der Waals surface area contributed by atoms with Gasteiger partial charge in [-0.05, 0) is 50.8 Å². The number of nitrogens with zero attached hydrogens (tertiary/aromatic N) is 1. The summed E-state index contributed by atoms with van der Waals surface area (Å²) in [6.07, 6.45) is 4.10. The lowest BCUT2D eigenvalue weighted by molar-refractivity contribution is -0.143. The van der Waals surface area contributed by atoms with E-state index in [2.05, 4.69) is 6.92 Å². The van der Waals surface area contributed by atoms with E-state index < -0.39 is 12.1 Å². The van der Waals surface area contributed by atoms with Crippen LogP contribution in [0.5, 0.6) is 11.5 Å². The lowest BCUT2D eigenvalue weighted by Crippen LogP contribution is -2.48. The molecule has 2 atom stereocenters. The van der Waals surface area contributed by atoms with Crippen LogP contribution in [0.1, 0.15) is 56.3 Å². The Balaban J connectivity index is 1.65. The van der Waals surface area contributed by atoms with Gasteiger partial charge in [0, 0.05) is 19.0 Å². The summed E-state index contributed by atoms with van der Waals surface area (Å²) in [5.74, 6) is 0.533. The Kier molecular flexibility index (Phi) is 6.01. The second kappa shape index (κ2) is 8.43. The Bertz CT molecular complexity index is 660. The summed E-state index contributed by atoms with van der Waals surface area (Å²) in [4.78, 5) is 27.1. The normalized spacial score (nSPS) is 20.8. The molecule has 0 aromatic heterocycles. The number of ether oxygens (including phenoxy) is 3. The quantitative estimate of drug-likeness (QED) is 0.771. The Labute approximate surface area is 154 Å². The van der Waals surface area contributed by atoms with E-state index in [9.17, 15) is 9.59 Å². The number of hydrogen-bond donors (Lipinski definition) is 0. The number of benzene rings is 1. The first-order chi connectivity index (χ1) is 12.6. The molecule has 0 aliphatic carbocycles. The zero-order chi connectivity index (χ0) is 18.5. The second-order valence-corrected chi connectivity index (χ2v) is 6.85. The van der Waals surface area contributed by atoms with Gasteiger partial charge in [-0.2, -0.15) is 0 Å². The van der Waals surface area contributed by atoms with Crippen LogP contribution in [-0.4, -0.2) is 48.7 Å². The molecule has 1 saturated heterocycles. The third-order valence-electron chi connectivity index (χ3n) is 5.00. The fourth-order valence-electron chi connectivity index (χ4n) is 3.52. The maximum atomic E-state index is 12.7. The molecule has 0 saturated carbocycles. The van der Waals surface area contributed by atoms with Crippen LogP contribution in [0.2, 0.25) is 0 Å². The van der Waals surface area contributed by atoms with Crippen molar-refractivity contribution < 1.29 is 23.8 Å². The number of carbonyl (C=O) groups is 2. The predicted molar refractivity (Wildman–Crippen MR) is 96.6 cm³/mol. The van der Waals surface area contributed by atoms with Gasteiger partial charge in [-0.15, -0.1) is 0 Å². The molecule has 2 unspecified atom stereocenters. The third-order valence-corrected chi connectivity index (χ3v) is 5.00. The van der Waals surface area contributed by atoms with E-state index in [1.54, 1.807) is 25.1 Å². The lowest BCUT2D eigenvalue weighted by Gasteiger charge is -2.36. The van der Waals surface area contributed by atoms with Gasteiger partial charge in [0.1, 0.15) is 0 Å². The minimum Gasteiger partial charge on any atom is -0.490 e. The summed E-state index contributed by atoms with van der Waals surface area (Å²) >= 11 is 0. The molecular formula is C20H27NO5. The van der Waals surface area contributed by atoms with Crippen LogP contribution in [0, 0.1) is 0 Å². The summed E-state index contributed by atoms with van der Waals surface area (Å²) in [5, 5.41) is 0. The standard InChI is InChI=1S/C20H27NO5/c1-3-16-7-4-5-10-21(16)19(22)14(2)26-20(23)15-8-9-17-18(13-15)25-12-6-11-24-17/h8-9,13-14,16H,3-7,10-12H2,1-2H3. The maximum absolute atomic E-state index is 12.7.